The minimum Gasteiger partial charge on any atom is -0.353 e. The molecular weight excluding hydrogens is 276 g/mol. The van der Waals surface area contributed by atoms with E-state index in [-0.39, 0.29) is 28.9 Å². The molecule has 0 saturated carbocycles. The molecule has 2 N–H and O–H groups in total. The number of piperidine rings is 1. The van der Waals surface area contributed by atoms with Crippen LogP contribution in [0.25, 0.3) is 0 Å². The Hall–Kier alpha value is -0.610. The lowest BCUT2D eigenvalue weighted by Crippen LogP contribution is -2.69. The summed E-state index contributed by atoms with van der Waals surface area (Å²) in [6.07, 6.45) is 6.36. The van der Waals surface area contributed by atoms with Crippen LogP contribution in [-0.2, 0) is 4.79 Å². The molecule has 1 aliphatic heterocycles. The van der Waals surface area contributed by atoms with Crippen molar-refractivity contribution < 1.29 is 10.0 Å². The van der Waals surface area contributed by atoms with E-state index in [1.807, 2.05) is 0 Å². The van der Waals surface area contributed by atoms with Crippen LogP contribution in [0.4, 0.5) is 0 Å². The monoisotopic (exact) mass is 312 g/mol. The van der Waals surface area contributed by atoms with Gasteiger partial charge in [-0.2, -0.15) is 5.06 Å². The molecular formula is C18H36N2O2. The lowest BCUT2D eigenvalue weighted by molar-refractivity contribution is -0.274. The smallest absolute Gasteiger partial charge is 0.220 e. The molecule has 1 heterocycles. The molecule has 1 rings (SSSR count). The lowest BCUT2D eigenvalue weighted by atomic mass is 9.68. The third kappa shape index (κ3) is 3.83. The normalized spacial score (nSPS) is 36.3. The average Bonchev–Trinajstić information content (AvgIpc) is 2.51. The first-order valence-electron chi connectivity index (χ1n) is 9.03. The van der Waals surface area contributed by atoms with Gasteiger partial charge in [0.1, 0.15) is 0 Å². The lowest BCUT2D eigenvalue weighted by Gasteiger charge is -2.57. The first kappa shape index (κ1) is 19.4. The summed E-state index contributed by atoms with van der Waals surface area (Å²) in [4.78, 5) is 12.2. The van der Waals surface area contributed by atoms with Gasteiger partial charge in [-0.25, -0.2) is 0 Å². The minimum absolute atomic E-state index is 0.132. The van der Waals surface area contributed by atoms with Gasteiger partial charge < -0.3 is 10.5 Å². The highest BCUT2D eigenvalue weighted by Crippen LogP contribution is 2.44. The number of carbonyl (C=O) groups is 1. The van der Waals surface area contributed by atoms with Crippen molar-refractivity contribution in [3.63, 3.8) is 0 Å². The molecule has 0 aromatic rings. The Bertz CT molecular complexity index is 374. The molecule has 0 spiro atoms. The van der Waals surface area contributed by atoms with E-state index in [2.05, 4.69) is 46.9 Å². The highest BCUT2D eigenvalue weighted by Gasteiger charge is 2.52. The maximum Gasteiger partial charge on any atom is 0.220 e. The van der Waals surface area contributed by atoms with E-state index in [1.54, 1.807) is 5.06 Å². The van der Waals surface area contributed by atoms with E-state index < -0.39 is 0 Å². The number of hydrogen-bond donors (Lipinski definition) is 2. The first-order valence-corrected chi connectivity index (χ1v) is 9.03. The first-order chi connectivity index (χ1) is 10.2. The zero-order valence-corrected chi connectivity index (χ0v) is 15.4. The zero-order valence-electron chi connectivity index (χ0n) is 15.4. The molecule has 4 heteroatoms. The highest BCUT2D eigenvalue weighted by atomic mass is 16.5. The van der Waals surface area contributed by atoms with Crippen LogP contribution in [0.1, 0.15) is 86.5 Å². The van der Waals surface area contributed by atoms with Crippen molar-refractivity contribution >= 4 is 5.91 Å². The van der Waals surface area contributed by atoms with Gasteiger partial charge in [0.05, 0.1) is 0 Å². The van der Waals surface area contributed by atoms with Crippen molar-refractivity contribution in [3.8, 4) is 0 Å². The molecule has 1 saturated heterocycles. The van der Waals surface area contributed by atoms with E-state index in [0.29, 0.717) is 6.42 Å². The summed E-state index contributed by atoms with van der Waals surface area (Å²) >= 11 is 0. The second-order valence-corrected chi connectivity index (χ2v) is 7.50. The summed E-state index contributed by atoms with van der Waals surface area (Å²) in [6, 6.07) is 0.132. The molecule has 1 amide bonds. The summed E-state index contributed by atoms with van der Waals surface area (Å²) in [5.41, 5.74) is -0.580. The van der Waals surface area contributed by atoms with Crippen molar-refractivity contribution in [1.29, 1.82) is 0 Å². The number of unbranched alkanes of at least 4 members (excludes halogenated alkanes) is 2. The summed E-state index contributed by atoms with van der Waals surface area (Å²) in [7, 11) is 0. The highest BCUT2D eigenvalue weighted by molar-refractivity contribution is 5.76. The van der Waals surface area contributed by atoms with Gasteiger partial charge in [-0.1, -0.05) is 40.5 Å². The Balaban J connectivity index is 2.83. The van der Waals surface area contributed by atoms with Crippen LogP contribution in [-0.4, -0.2) is 33.3 Å². The number of nitrogens with zero attached hydrogens (tertiary/aromatic N) is 1. The van der Waals surface area contributed by atoms with Crippen LogP contribution >= 0.6 is 0 Å². The van der Waals surface area contributed by atoms with Gasteiger partial charge in [0.2, 0.25) is 5.91 Å². The summed E-state index contributed by atoms with van der Waals surface area (Å²) in [5.74, 6) is 0.380. The Morgan fingerprint density at radius 3 is 2.36 bits per heavy atom. The second-order valence-electron chi connectivity index (χ2n) is 7.50. The fourth-order valence-electron chi connectivity index (χ4n) is 3.74. The number of nitrogens with one attached hydrogen (secondary N) is 1. The maximum absolute atomic E-state index is 12.2. The van der Waals surface area contributed by atoms with Gasteiger partial charge in [-0.05, 0) is 45.4 Å². The third-order valence-electron chi connectivity index (χ3n) is 6.07. The molecule has 0 aromatic carbocycles. The Morgan fingerprint density at radius 2 is 1.86 bits per heavy atom. The molecule has 22 heavy (non-hydrogen) atoms. The van der Waals surface area contributed by atoms with Crippen molar-refractivity contribution in [2.75, 3.05) is 0 Å². The fourth-order valence-corrected chi connectivity index (χ4v) is 3.74. The van der Waals surface area contributed by atoms with Crippen molar-refractivity contribution in [2.24, 2.45) is 5.92 Å². The SMILES string of the molecule is CCCCCC(=O)NC1CC(C)(CC)N(O)C(C)(CC)C1C. The van der Waals surface area contributed by atoms with E-state index >= 15 is 0 Å². The molecule has 1 aliphatic rings. The topological polar surface area (TPSA) is 52.6 Å². The van der Waals surface area contributed by atoms with Crippen LogP contribution < -0.4 is 5.32 Å². The number of carbonyl (C=O) groups excluding carboxylic acids is 1. The molecule has 4 unspecified atom stereocenters. The van der Waals surface area contributed by atoms with Gasteiger partial charge in [-0.15, -0.1) is 0 Å². The molecule has 130 valence electrons. The summed E-state index contributed by atoms with van der Waals surface area (Å²) in [6.45, 7) is 12.7. The molecule has 4 atom stereocenters. The average molecular weight is 312 g/mol. The number of hydrogen-bond acceptors (Lipinski definition) is 3. The molecule has 4 nitrogen and oxygen atoms in total. The van der Waals surface area contributed by atoms with Crippen LogP contribution in [0.5, 0.6) is 0 Å². The minimum atomic E-state index is -0.301. The van der Waals surface area contributed by atoms with Crippen LogP contribution in [0, 0.1) is 5.92 Å². The van der Waals surface area contributed by atoms with Crippen molar-refractivity contribution in [1.82, 2.24) is 10.4 Å². The van der Waals surface area contributed by atoms with E-state index in [4.69, 9.17) is 0 Å². The molecule has 0 aromatic heterocycles. The van der Waals surface area contributed by atoms with Crippen LogP contribution in [0.3, 0.4) is 0 Å². The zero-order chi connectivity index (χ0) is 17.0. The summed E-state index contributed by atoms with van der Waals surface area (Å²) in [5, 5.41) is 15.6. The molecule has 1 fully saturated rings. The van der Waals surface area contributed by atoms with E-state index in [1.165, 1.54) is 0 Å². The number of rotatable bonds is 7. The predicted molar refractivity (Wildman–Crippen MR) is 90.9 cm³/mol. The van der Waals surface area contributed by atoms with E-state index in [9.17, 15) is 10.0 Å². The third-order valence-corrected chi connectivity index (χ3v) is 6.07. The predicted octanol–water partition coefficient (Wildman–Crippen LogP) is 4.12. The van der Waals surface area contributed by atoms with Gasteiger partial charge in [0, 0.05) is 23.5 Å². The van der Waals surface area contributed by atoms with Gasteiger partial charge in [0.25, 0.3) is 0 Å². The molecule has 0 bridgehead atoms. The maximum atomic E-state index is 12.2. The van der Waals surface area contributed by atoms with Gasteiger partial charge in [-0.3, -0.25) is 4.79 Å². The van der Waals surface area contributed by atoms with E-state index in [0.717, 1.165) is 38.5 Å². The van der Waals surface area contributed by atoms with Crippen molar-refractivity contribution in [3.05, 3.63) is 0 Å². The Kier molecular flexibility index (Phi) is 6.87. The standard InChI is InChI=1S/C18H36N2O2/c1-7-10-11-12-16(21)19-15-13-17(5,8-2)20(22)18(6,9-3)14(15)4/h14-15,22H,7-13H2,1-6H3,(H,19,21). The Morgan fingerprint density at radius 1 is 1.23 bits per heavy atom. The molecule has 0 aliphatic carbocycles. The number of hydroxylamine groups is 2. The quantitative estimate of drug-likeness (QED) is 0.695. The van der Waals surface area contributed by atoms with Crippen LogP contribution in [0.15, 0.2) is 0 Å². The largest absolute Gasteiger partial charge is 0.353 e. The van der Waals surface area contributed by atoms with Crippen molar-refractivity contribution in [2.45, 2.75) is 104 Å². The fraction of sp³-hybridized carbons (Fsp3) is 0.944. The second kappa shape index (κ2) is 7.78. The van der Waals surface area contributed by atoms with Gasteiger partial charge >= 0.3 is 0 Å². The molecule has 0 radical (unpaired) electrons. The number of amides is 1. The Labute approximate surface area is 136 Å². The summed E-state index contributed by atoms with van der Waals surface area (Å²) < 4.78 is 0. The van der Waals surface area contributed by atoms with Gasteiger partial charge in [0.15, 0.2) is 0 Å². The van der Waals surface area contributed by atoms with Crippen LogP contribution in [0.2, 0.25) is 0 Å².